The second kappa shape index (κ2) is 6.81. The van der Waals surface area contributed by atoms with E-state index in [9.17, 15) is 14.4 Å². The Morgan fingerprint density at radius 2 is 2.04 bits per heavy atom. The van der Waals surface area contributed by atoms with Gasteiger partial charge in [0.15, 0.2) is 0 Å². The van der Waals surface area contributed by atoms with Crippen molar-refractivity contribution in [2.45, 2.75) is 31.7 Å². The zero-order chi connectivity index (χ0) is 16.2. The summed E-state index contributed by atoms with van der Waals surface area (Å²) in [5, 5.41) is 2.74. The summed E-state index contributed by atoms with van der Waals surface area (Å²) in [6.45, 7) is 0.512. The number of benzene rings is 1. The molecule has 2 aliphatic heterocycles. The molecule has 2 saturated heterocycles. The van der Waals surface area contributed by atoms with Gasteiger partial charge in [-0.25, -0.2) is 9.69 Å². The van der Waals surface area contributed by atoms with Crippen molar-refractivity contribution in [2.24, 2.45) is 5.92 Å². The zero-order valence-electron chi connectivity index (χ0n) is 12.9. The number of hydrogen-bond donors (Lipinski definition) is 1. The van der Waals surface area contributed by atoms with Crippen LogP contribution in [0.3, 0.4) is 0 Å². The summed E-state index contributed by atoms with van der Waals surface area (Å²) in [5.74, 6) is -0.633. The SMILES string of the molecule is O=C1CCC[C@H](C(=O)N2C(=O)OCC2Cc2ccccc2)CN1. The third-order valence-electron chi connectivity index (χ3n) is 4.36. The molecule has 0 radical (unpaired) electrons. The Morgan fingerprint density at radius 3 is 2.83 bits per heavy atom. The lowest BCUT2D eigenvalue weighted by molar-refractivity contribution is -0.133. The number of carbonyl (C=O) groups excluding carboxylic acids is 3. The fourth-order valence-corrected chi connectivity index (χ4v) is 3.11. The highest BCUT2D eigenvalue weighted by molar-refractivity contribution is 5.95. The average Bonchev–Trinajstić information content (AvgIpc) is 2.77. The van der Waals surface area contributed by atoms with Crippen molar-refractivity contribution in [3.63, 3.8) is 0 Å². The molecule has 2 atom stereocenters. The summed E-state index contributed by atoms with van der Waals surface area (Å²) >= 11 is 0. The van der Waals surface area contributed by atoms with Crippen LogP contribution < -0.4 is 5.32 Å². The smallest absolute Gasteiger partial charge is 0.416 e. The van der Waals surface area contributed by atoms with E-state index < -0.39 is 6.09 Å². The highest BCUT2D eigenvalue weighted by atomic mass is 16.6. The molecule has 2 heterocycles. The number of imide groups is 1. The molecule has 1 aromatic rings. The second-order valence-corrected chi connectivity index (χ2v) is 6.02. The Balaban J connectivity index is 1.71. The van der Waals surface area contributed by atoms with Crippen LogP contribution in [0.5, 0.6) is 0 Å². The number of rotatable bonds is 3. The van der Waals surface area contributed by atoms with Crippen LogP contribution in [0.25, 0.3) is 0 Å². The van der Waals surface area contributed by atoms with E-state index in [-0.39, 0.29) is 30.4 Å². The number of nitrogens with one attached hydrogen (secondary N) is 1. The Morgan fingerprint density at radius 1 is 1.26 bits per heavy atom. The van der Waals surface area contributed by atoms with Gasteiger partial charge in [-0.3, -0.25) is 9.59 Å². The standard InChI is InChI=1S/C17H20N2O4/c20-15-8-4-7-13(10-18-15)16(21)19-14(11-23-17(19)22)9-12-5-2-1-3-6-12/h1-3,5-6,13-14H,4,7-11H2,(H,18,20)/t13-,14?/m0/s1. The molecule has 2 fully saturated rings. The summed E-state index contributed by atoms with van der Waals surface area (Å²) in [4.78, 5) is 37.4. The molecule has 122 valence electrons. The molecular formula is C17H20N2O4. The highest BCUT2D eigenvalue weighted by Gasteiger charge is 2.41. The summed E-state index contributed by atoms with van der Waals surface area (Å²) in [6.07, 6.45) is 1.71. The van der Waals surface area contributed by atoms with Crippen molar-refractivity contribution in [3.05, 3.63) is 35.9 Å². The van der Waals surface area contributed by atoms with E-state index in [1.165, 1.54) is 4.90 Å². The molecule has 1 N–H and O–H groups in total. The molecule has 1 unspecified atom stereocenters. The van der Waals surface area contributed by atoms with Gasteiger partial charge in [-0.1, -0.05) is 30.3 Å². The lowest BCUT2D eigenvalue weighted by atomic mass is 9.99. The van der Waals surface area contributed by atoms with Gasteiger partial charge in [-0.2, -0.15) is 0 Å². The van der Waals surface area contributed by atoms with Crippen molar-refractivity contribution in [1.29, 1.82) is 0 Å². The maximum absolute atomic E-state index is 12.7. The third-order valence-corrected chi connectivity index (χ3v) is 4.36. The molecule has 3 amide bonds. The van der Waals surface area contributed by atoms with Gasteiger partial charge in [0.2, 0.25) is 11.8 Å². The van der Waals surface area contributed by atoms with Crippen LogP contribution in [-0.4, -0.2) is 42.0 Å². The Kier molecular flexibility index (Phi) is 4.60. The van der Waals surface area contributed by atoms with E-state index in [1.54, 1.807) is 0 Å². The molecule has 0 aromatic heterocycles. The first-order valence-electron chi connectivity index (χ1n) is 7.95. The topological polar surface area (TPSA) is 75.7 Å². The third kappa shape index (κ3) is 3.52. The lowest BCUT2D eigenvalue weighted by Crippen LogP contribution is -2.45. The second-order valence-electron chi connectivity index (χ2n) is 6.02. The quantitative estimate of drug-likeness (QED) is 0.917. The van der Waals surface area contributed by atoms with Gasteiger partial charge in [0.25, 0.3) is 0 Å². The first-order chi connectivity index (χ1) is 11.1. The van der Waals surface area contributed by atoms with Gasteiger partial charge in [0, 0.05) is 13.0 Å². The predicted molar refractivity (Wildman–Crippen MR) is 82.5 cm³/mol. The van der Waals surface area contributed by atoms with Gasteiger partial charge in [0.05, 0.1) is 12.0 Å². The number of amides is 3. The number of cyclic esters (lactones) is 1. The number of nitrogens with zero attached hydrogens (tertiary/aromatic N) is 1. The first kappa shape index (κ1) is 15.5. The van der Waals surface area contributed by atoms with Crippen LogP contribution in [-0.2, 0) is 20.7 Å². The molecule has 2 aliphatic rings. The fraction of sp³-hybridized carbons (Fsp3) is 0.471. The van der Waals surface area contributed by atoms with Crippen molar-refractivity contribution >= 4 is 17.9 Å². The van der Waals surface area contributed by atoms with E-state index in [0.717, 1.165) is 5.56 Å². The van der Waals surface area contributed by atoms with Crippen molar-refractivity contribution in [1.82, 2.24) is 10.2 Å². The summed E-state index contributed by atoms with van der Waals surface area (Å²) in [6, 6.07) is 9.45. The predicted octanol–water partition coefficient (Wildman–Crippen LogP) is 1.49. The molecule has 0 spiro atoms. The van der Waals surface area contributed by atoms with Crippen molar-refractivity contribution in [3.8, 4) is 0 Å². The minimum absolute atomic E-state index is 0.0369. The molecular weight excluding hydrogens is 296 g/mol. The number of hydrogen-bond acceptors (Lipinski definition) is 4. The zero-order valence-corrected chi connectivity index (χ0v) is 12.9. The number of carbonyl (C=O) groups is 3. The molecule has 1 aromatic carbocycles. The maximum Gasteiger partial charge on any atom is 0.416 e. The van der Waals surface area contributed by atoms with E-state index in [1.807, 2.05) is 30.3 Å². The van der Waals surface area contributed by atoms with Gasteiger partial charge >= 0.3 is 6.09 Å². The van der Waals surface area contributed by atoms with E-state index in [4.69, 9.17) is 4.74 Å². The maximum atomic E-state index is 12.7. The minimum atomic E-state index is -0.577. The van der Waals surface area contributed by atoms with Crippen molar-refractivity contribution < 1.29 is 19.1 Å². The van der Waals surface area contributed by atoms with Gasteiger partial charge in [0.1, 0.15) is 6.61 Å². The average molecular weight is 316 g/mol. The molecule has 3 rings (SSSR count). The van der Waals surface area contributed by atoms with Crippen LogP contribution in [0.15, 0.2) is 30.3 Å². The molecule has 6 heteroatoms. The molecule has 6 nitrogen and oxygen atoms in total. The highest BCUT2D eigenvalue weighted by Crippen LogP contribution is 2.22. The Hall–Kier alpha value is -2.37. The number of ether oxygens (including phenoxy) is 1. The summed E-state index contributed by atoms with van der Waals surface area (Å²) in [7, 11) is 0. The molecule has 0 aliphatic carbocycles. The lowest BCUT2D eigenvalue weighted by Gasteiger charge is -2.24. The Labute approximate surface area is 134 Å². The van der Waals surface area contributed by atoms with Crippen LogP contribution in [0.2, 0.25) is 0 Å². The van der Waals surface area contributed by atoms with Crippen molar-refractivity contribution in [2.75, 3.05) is 13.2 Å². The van der Waals surface area contributed by atoms with Gasteiger partial charge < -0.3 is 10.1 Å². The van der Waals surface area contributed by atoms with Gasteiger partial charge in [-0.05, 0) is 24.8 Å². The van der Waals surface area contributed by atoms with Crippen LogP contribution in [0, 0.1) is 5.92 Å². The molecule has 0 bridgehead atoms. The minimum Gasteiger partial charge on any atom is -0.447 e. The van der Waals surface area contributed by atoms with E-state index in [2.05, 4.69) is 5.32 Å². The fourth-order valence-electron chi connectivity index (χ4n) is 3.11. The summed E-state index contributed by atoms with van der Waals surface area (Å²) in [5.41, 5.74) is 1.06. The van der Waals surface area contributed by atoms with E-state index in [0.29, 0.717) is 32.2 Å². The molecule has 0 saturated carbocycles. The van der Waals surface area contributed by atoms with Gasteiger partial charge in [-0.15, -0.1) is 0 Å². The largest absolute Gasteiger partial charge is 0.447 e. The first-order valence-corrected chi connectivity index (χ1v) is 7.95. The van der Waals surface area contributed by atoms with E-state index >= 15 is 0 Å². The monoisotopic (exact) mass is 316 g/mol. The van der Waals surface area contributed by atoms with Crippen LogP contribution in [0.1, 0.15) is 24.8 Å². The van der Waals surface area contributed by atoms with Crippen LogP contribution in [0.4, 0.5) is 4.79 Å². The summed E-state index contributed by atoms with van der Waals surface area (Å²) < 4.78 is 5.09. The molecule has 23 heavy (non-hydrogen) atoms. The Bertz CT molecular complexity index is 602. The normalized spacial score (nSPS) is 24.8. The van der Waals surface area contributed by atoms with Crippen LogP contribution >= 0.6 is 0 Å².